The highest BCUT2D eigenvalue weighted by Crippen LogP contribution is 2.28. The van der Waals surface area contributed by atoms with Crippen molar-refractivity contribution in [3.8, 4) is 22.0 Å². The number of fused-ring (bicyclic) bond motifs is 1. The number of nitrogens with one attached hydrogen (secondary N) is 1. The summed E-state index contributed by atoms with van der Waals surface area (Å²) in [6.07, 6.45) is 5.24. The lowest BCUT2D eigenvalue weighted by atomic mass is 10.3. The molecule has 0 aliphatic rings. The van der Waals surface area contributed by atoms with E-state index in [1.54, 1.807) is 23.1 Å². The van der Waals surface area contributed by atoms with Gasteiger partial charge in [0.05, 0.1) is 11.8 Å². The van der Waals surface area contributed by atoms with Crippen molar-refractivity contribution in [3.05, 3.63) is 36.4 Å². The fourth-order valence-corrected chi connectivity index (χ4v) is 2.87. The summed E-state index contributed by atoms with van der Waals surface area (Å²) < 4.78 is 1.74. The van der Waals surface area contributed by atoms with Crippen molar-refractivity contribution in [2.45, 2.75) is 6.92 Å². The zero-order valence-electron chi connectivity index (χ0n) is 10.5. The molecular formula is C12H9N7S. The highest BCUT2D eigenvalue weighted by atomic mass is 32.1. The van der Waals surface area contributed by atoms with Crippen LogP contribution in [0.3, 0.4) is 0 Å². The largest absolute Gasteiger partial charge is 0.282 e. The van der Waals surface area contributed by atoms with Gasteiger partial charge < -0.3 is 0 Å². The first kappa shape index (κ1) is 11.2. The SMILES string of the molecule is Cc1[nH]ncc1-c1nn2c(-c3cccnc3)nnc2s1. The molecule has 0 bridgehead atoms. The summed E-state index contributed by atoms with van der Waals surface area (Å²) in [5, 5.41) is 20.7. The Morgan fingerprint density at radius 1 is 1.25 bits per heavy atom. The van der Waals surface area contributed by atoms with Crippen LogP contribution in [0.1, 0.15) is 5.69 Å². The van der Waals surface area contributed by atoms with Crippen LogP contribution in [0.15, 0.2) is 30.7 Å². The van der Waals surface area contributed by atoms with Crippen LogP contribution in [-0.2, 0) is 0 Å². The number of aryl methyl sites for hydroxylation is 1. The van der Waals surface area contributed by atoms with Gasteiger partial charge in [0.2, 0.25) is 4.96 Å². The zero-order chi connectivity index (χ0) is 13.5. The van der Waals surface area contributed by atoms with Crippen molar-refractivity contribution in [1.29, 1.82) is 0 Å². The number of rotatable bonds is 2. The molecule has 7 nitrogen and oxygen atoms in total. The van der Waals surface area contributed by atoms with Crippen LogP contribution >= 0.6 is 11.3 Å². The Bertz CT molecular complexity index is 874. The molecule has 20 heavy (non-hydrogen) atoms. The van der Waals surface area contributed by atoms with Gasteiger partial charge in [-0.05, 0) is 19.1 Å². The Hall–Kier alpha value is -2.61. The molecule has 0 saturated carbocycles. The monoisotopic (exact) mass is 283 g/mol. The van der Waals surface area contributed by atoms with Crippen molar-refractivity contribution in [2.75, 3.05) is 0 Å². The second-order valence-electron chi connectivity index (χ2n) is 4.28. The molecule has 0 fully saturated rings. The first-order chi connectivity index (χ1) is 9.83. The summed E-state index contributed by atoms with van der Waals surface area (Å²) in [5.41, 5.74) is 2.86. The summed E-state index contributed by atoms with van der Waals surface area (Å²) in [5.74, 6) is 0.691. The van der Waals surface area contributed by atoms with Crippen LogP contribution in [0.2, 0.25) is 0 Å². The van der Waals surface area contributed by atoms with Gasteiger partial charge in [0.15, 0.2) is 10.8 Å². The third kappa shape index (κ3) is 1.62. The van der Waals surface area contributed by atoms with Crippen LogP contribution in [0.5, 0.6) is 0 Å². The molecule has 1 N–H and O–H groups in total. The van der Waals surface area contributed by atoms with E-state index in [1.807, 2.05) is 19.1 Å². The summed E-state index contributed by atoms with van der Waals surface area (Å²) >= 11 is 1.48. The topological polar surface area (TPSA) is 84.7 Å². The number of hydrogen-bond acceptors (Lipinski definition) is 6. The minimum absolute atomic E-state index is 0.691. The highest BCUT2D eigenvalue weighted by molar-refractivity contribution is 7.19. The van der Waals surface area contributed by atoms with Crippen molar-refractivity contribution >= 4 is 16.3 Å². The lowest BCUT2D eigenvalue weighted by molar-refractivity contribution is 0.968. The predicted molar refractivity (Wildman–Crippen MR) is 74.2 cm³/mol. The molecule has 0 aliphatic carbocycles. The minimum Gasteiger partial charge on any atom is -0.282 e. The van der Waals surface area contributed by atoms with Crippen molar-refractivity contribution in [1.82, 2.24) is 35.0 Å². The van der Waals surface area contributed by atoms with Crippen LogP contribution in [0.25, 0.3) is 26.9 Å². The van der Waals surface area contributed by atoms with E-state index in [2.05, 4.69) is 30.5 Å². The third-order valence-corrected chi connectivity index (χ3v) is 3.90. The summed E-state index contributed by atoms with van der Waals surface area (Å²) in [7, 11) is 0. The molecule has 4 aromatic rings. The summed E-state index contributed by atoms with van der Waals surface area (Å²) in [6.45, 7) is 1.97. The molecule has 4 heterocycles. The van der Waals surface area contributed by atoms with Crippen LogP contribution in [-0.4, -0.2) is 35.0 Å². The van der Waals surface area contributed by atoms with Gasteiger partial charge in [0, 0.05) is 23.7 Å². The van der Waals surface area contributed by atoms with Gasteiger partial charge in [-0.2, -0.15) is 14.7 Å². The first-order valence-corrected chi connectivity index (χ1v) is 6.77. The summed E-state index contributed by atoms with van der Waals surface area (Å²) in [6, 6.07) is 3.80. The molecule has 4 rings (SSSR count). The van der Waals surface area contributed by atoms with Crippen LogP contribution in [0.4, 0.5) is 0 Å². The van der Waals surface area contributed by atoms with E-state index in [0.717, 1.165) is 26.8 Å². The lowest BCUT2D eigenvalue weighted by Crippen LogP contribution is -1.91. The Morgan fingerprint density at radius 2 is 2.20 bits per heavy atom. The van der Waals surface area contributed by atoms with Gasteiger partial charge in [0.1, 0.15) is 0 Å². The van der Waals surface area contributed by atoms with Gasteiger partial charge in [-0.3, -0.25) is 10.1 Å². The molecule has 4 aromatic heterocycles. The van der Waals surface area contributed by atoms with Gasteiger partial charge >= 0.3 is 0 Å². The number of aromatic nitrogens is 7. The third-order valence-electron chi connectivity index (χ3n) is 2.97. The van der Waals surface area contributed by atoms with Crippen molar-refractivity contribution in [2.24, 2.45) is 0 Å². The number of aromatic amines is 1. The van der Waals surface area contributed by atoms with Gasteiger partial charge in [-0.25, -0.2) is 0 Å². The number of hydrogen-bond donors (Lipinski definition) is 1. The molecule has 0 saturated heterocycles. The second kappa shape index (κ2) is 4.20. The molecule has 98 valence electrons. The fourth-order valence-electron chi connectivity index (χ4n) is 1.97. The fraction of sp³-hybridized carbons (Fsp3) is 0.0833. The Kier molecular flexibility index (Phi) is 2.36. The molecule has 0 spiro atoms. The Morgan fingerprint density at radius 3 is 2.95 bits per heavy atom. The number of H-pyrrole nitrogens is 1. The molecule has 0 radical (unpaired) electrons. The maximum Gasteiger partial charge on any atom is 0.235 e. The zero-order valence-corrected chi connectivity index (χ0v) is 11.3. The smallest absolute Gasteiger partial charge is 0.235 e. The van der Waals surface area contributed by atoms with E-state index in [1.165, 1.54) is 11.3 Å². The molecule has 0 unspecified atom stereocenters. The predicted octanol–water partition coefficient (Wildman–Crippen LogP) is 1.95. The maximum absolute atomic E-state index is 4.57. The number of pyridine rings is 1. The highest BCUT2D eigenvalue weighted by Gasteiger charge is 2.16. The quantitative estimate of drug-likeness (QED) is 0.607. The van der Waals surface area contributed by atoms with Crippen molar-refractivity contribution < 1.29 is 0 Å². The average Bonchev–Trinajstić information content (AvgIpc) is 3.13. The van der Waals surface area contributed by atoms with E-state index in [-0.39, 0.29) is 0 Å². The first-order valence-electron chi connectivity index (χ1n) is 5.96. The van der Waals surface area contributed by atoms with Crippen LogP contribution < -0.4 is 0 Å². The van der Waals surface area contributed by atoms with E-state index >= 15 is 0 Å². The van der Waals surface area contributed by atoms with Gasteiger partial charge in [0.25, 0.3) is 0 Å². The molecule has 0 aliphatic heterocycles. The molecule has 8 heteroatoms. The normalized spacial score (nSPS) is 11.2. The molecule has 0 atom stereocenters. The minimum atomic E-state index is 0.691. The molecular weight excluding hydrogens is 274 g/mol. The van der Waals surface area contributed by atoms with Gasteiger partial charge in [-0.15, -0.1) is 10.2 Å². The van der Waals surface area contributed by atoms with E-state index in [9.17, 15) is 0 Å². The second-order valence-corrected chi connectivity index (χ2v) is 5.23. The van der Waals surface area contributed by atoms with Crippen LogP contribution in [0, 0.1) is 6.92 Å². The van der Waals surface area contributed by atoms with E-state index < -0.39 is 0 Å². The average molecular weight is 283 g/mol. The number of nitrogens with zero attached hydrogens (tertiary/aromatic N) is 6. The standard InChI is InChI=1S/C12H9N7S/c1-7-9(6-14-15-7)11-18-19-10(16-17-12(19)20-11)8-3-2-4-13-5-8/h2-6H,1H3,(H,14,15). The lowest BCUT2D eigenvalue weighted by Gasteiger charge is -1.95. The van der Waals surface area contributed by atoms with E-state index in [4.69, 9.17) is 0 Å². The molecule has 0 amide bonds. The van der Waals surface area contributed by atoms with E-state index in [0.29, 0.717) is 5.82 Å². The van der Waals surface area contributed by atoms with Gasteiger partial charge in [-0.1, -0.05) is 11.3 Å². The van der Waals surface area contributed by atoms with Crippen molar-refractivity contribution in [3.63, 3.8) is 0 Å². The molecule has 0 aromatic carbocycles. The Balaban J connectivity index is 1.90. The summed E-state index contributed by atoms with van der Waals surface area (Å²) in [4.78, 5) is 4.85. The Labute approximate surface area is 117 Å². The maximum atomic E-state index is 4.57.